The molecule has 9 nitrogen and oxygen atoms in total. The fourth-order valence-electron chi connectivity index (χ4n) is 3.41. The van der Waals surface area contributed by atoms with Gasteiger partial charge in [-0.2, -0.15) is 4.98 Å². The lowest BCUT2D eigenvalue weighted by atomic mass is 10.2. The number of rotatable bonds is 5. The van der Waals surface area contributed by atoms with E-state index in [2.05, 4.69) is 21.4 Å². The fraction of sp³-hybridized carbons (Fsp3) is 0.556. The van der Waals surface area contributed by atoms with Crippen molar-refractivity contribution in [3.63, 3.8) is 0 Å². The highest BCUT2D eigenvalue weighted by molar-refractivity contribution is 5.77. The molecule has 146 valence electrons. The smallest absolute Gasteiger partial charge is 0.329 e. The van der Waals surface area contributed by atoms with Crippen LogP contribution in [0.4, 0.5) is 5.95 Å². The van der Waals surface area contributed by atoms with Gasteiger partial charge in [0.2, 0.25) is 11.9 Å². The molecule has 0 bridgehead atoms. The van der Waals surface area contributed by atoms with Crippen LogP contribution in [0.3, 0.4) is 0 Å². The fourth-order valence-corrected chi connectivity index (χ4v) is 3.41. The van der Waals surface area contributed by atoms with E-state index in [4.69, 9.17) is 0 Å². The number of fused-ring (bicyclic) bond motifs is 1. The van der Waals surface area contributed by atoms with Crippen LogP contribution in [0.5, 0.6) is 0 Å². The van der Waals surface area contributed by atoms with Crippen LogP contribution in [0.1, 0.15) is 26.7 Å². The highest BCUT2D eigenvalue weighted by atomic mass is 16.2. The molecule has 0 atom stereocenters. The summed E-state index contributed by atoms with van der Waals surface area (Å²) >= 11 is 0. The van der Waals surface area contributed by atoms with Gasteiger partial charge in [-0.05, 0) is 13.3 Å². The van der Waals surface area contributed by atoms with Gasteiger partial charge in [-0.3, -0.25) is 19.1 Å². The molecule has 2 aromatic rings. The number of nitrogens with zero attached hydrogens (tertiary/aromatic N) is 5. The third-order valence-corrected chi connectivity index (χ3v) is 4.79. The predicted molar refractivity (Wildman–Crippen MR) is 104 cm³/mol. The number of amides is 1. The summed E-state index contributed by atoms with van der Waals surface area (Å²) in [5.41, 5.74) is 0.642. The Morgan fingerprint density at radius 3 is 2.48 bits per heavy atom. The van der Waals surface area contributed by atoms with E-state index in [1.54, 1.807) is 11.6 Å². The Morgan fingerprint density at radius 1 is 1.22 bits per heavy atom. The van der Waals surface area contributed by atoms with E-state index in [1.165, 1.54) is 4.57 Å². The van der Waals surface area contributed by atoms with Crippen LogP contribution in [0, 0.1) is 0 Å². The molecule has 2 aromatic heterocycles. The predicted octanol–water partition coefficient (Wildman–Crippen LogP) is 0.448. The van der Waals surface area contributed by atoms with Gasteiger partial charge < -0.3 is 14.4 Å². The van der Waals surface area contributed by atoms with E-state index in [0.29, 0.717) is 56.3 Å². The van der Waals surface area contributed by atoms with E-state index in [1.807, 2.05) is 18.7 Å². The van der Waals surface area contributed by atoms with Crippen molar-refractivity contribution in [2.24, 2.45) is 7.05 Å². The second-order valence-electron chi connectivity index (χ2n) is 7.06. The number of anilines is 1. The second-order valence-corrected chi connectivity index (χ2v) is 7.06. The molecule has 9 heteroatoms. The van der Waals surface area contributed by atoms with E-state index in [9.17, 15) is 14.4 Å². The zero-order chi connectivity index (χ0) is 19.7. The van der Waals surface area contributed by atoms with Crippen molar-refractivity contribution >= 4 is 23.0 Å². The quantitative estimate of drug-likeness (QED) is 0.767. The number of aromatic amines is 1. The van der Waals surface area contributed by atoms with Gasteiger partial charge in [0.1, 0.15) is 0 Å². The SMILES string of the molecule is C=C(C)Cn1c(N2CCN(C(=O)CCC)CC2)nc2c1c(=O)[nH]c(=O)n2C. The van der Waals surface area contributed by atoms with Crippen LogP contribution in [-0.4, -0.2) is 56.1 Å². The number of aryl methyl sites for hydroxylation is 1. The Kier molecular flexibility index (Phi) is 5.20. The highest BCUT2D eigenvalue weighted by Gasteiger charge is 2.26. The van der Waals surface area contributed by atoms with E-state index >= 15 is 0 Å². The minimum Gasteiger partial charge on any atom is -0.339 e. The average molecular weight is 374 g/mol. The molecule has 0 unspecified atom stereocenters. The molecule has 1 aliphatic rings. The Balaban J connectivity index is 1.99. The van der Waals surface area contributed by atoms with Crippen LogP contribution in [0.25, 0.3) is 11.2 Å². The van der Waals surface area contributed by atoms with Crippen LogP contribution in [-0.2, 0) is 18.4 Å². The maximum absolute atomic E-state index is 12.4. The maximum atomic E-state index is 12.4. The minimum atomic E-state index is -0.492. The molecule has 0 aromatic carbocycles. The van der Waals surface area contributed by atoms with Gasteiger partial charge in [0.15, 0.2) is 11.2 Å². The first-order chi connectivity index (χ1) is 12.8. The molecular formula is C18H26N6O3. The third-order valence-electron chi connectivity index (χ3n) is 4.79. The largest absolute Gasteiger partial charge is 0.339 e. The monoisotopic (exact) mass is 374 g/mol. The van der Waals surface area contributed by atoms with Crippen molar-refractivity contribution in [3.8, 4) is 0 Å². The highest BCUT2D eigenvalue weighted by Crippen LogP contribution is 2.22. The summed E-state index contributed by atoms with van der Waals surface area (Å²) < 4.78 is 3.15. The molecule has 3 rings (SSSR count). The number of imidazole rings is 1. The van der Waals surface area contributed by atoms with Crippen molar-refractivity contribution in [1.82, 2.24) is 24.0 Å². The Morgan fingerprint density at radius 2 is 1.89 bits per heavy atom. The Labute approximate surface area is 156 Å². The van der Waals surface area contributed by atoms with Crippen molar-refractivity contribution in [1.29, 1.82) is 0 Å². The molecule has 1 saturated heterocycles. The number of aromatic nitrogens is 4. The number of hydrogen-bond acceptors (Lipinski definition) is 5. The van der Waals surface area contributed by atoms with Crippen LogP contribution < -0.4 is 16.1 Å². The number of carbonyl (C=O) groups excluding carboxylic acids is 1. The van der Waals surface area contributed by atoms with Gasteiger partial charge in [-0.25, -0.2) is 4.79 Å². The maximum Gasteiger partial charge on any atom is 0.329 e. The number of H-pyrrole nitrogens is 1. The zero-order valence-corrected chi connectivity index (χ0v) is 16.1. The summed E-state index contributed by atoms with van der Waals surface area (Å²) in [5.74, 6) is 0.800. The zero-order valence-electron chi connectivity index (χ0n) is 16.1. The Hall–Kier alpha value is -2.84. The molecule has 1 aliphatic heterocycles. The summed E-state index contributed by atoms with van der Waals surface area (Å²) in [6.07, 6.45) is 1.40. The first-order valence-electron chi connectivity index (χ1n) is 9.20. The van der Waals surface area contributed by atoms with Crippen LogP contribution >= 0.6 is 0 Å². The number of allylic oxidation sites excluding steroid dienone is 1. The van der Waals surface area contributed by atoms with E-state index in [-0.39, 0.29) is 5.91 Å². The van der Waals surface area contributed by atoms with Gasteiger partial charge in [0.25, 0.3) is 5.56 Å². The number of hydrogen-bond donors (Lipinski definition) is 1. The molecule has 3 heterocycles. The lowest BCUT2D eigenvalue weighted by Gasteiger charge is -2.35. The van der Waals surface area contributed by atoms with Gasteiger partial charge in [0, 0.05) is 46.2 Å². The molecule has 0 radical (unpaired) electrons. The van der Waals surface area contributed by atoms with Gasteiger partial charge in [-0.1, -0.05) is 19.1 Å². The summed E-state index contributed by atoms with van der Waals surface area (Å²) in [4.78, 5) is 47.3. The van der Waals surface area contributed by atoms with Crippen LogP contribution in [0.15, 0.2) is 21.7 Å². The normalized spacial score (nSPS) is 14.8. The first kappa shape index (κ1) is 18.9. The topological polar surface area (TPSA) is 96.2 Å². The van der Waals surface area contributed by atoms with E-state index < -0.39 is 11.2 Å². The van der Waals surface area contributed by atoms with Crippen molar-refractivity contribution < 1.29 is 4.79 Å². The molecule has 0 aliphatic carbocycles. The standard InChI is InChI=1S/C18H26N6O3/c1-5-6-13(25)22-7-9-23(10-8-22)17-19-15-14(24(17)11-12(2)3)16(26)20-18(27)21(15)4/h2,5-11H2,1,3-4H3,(H,20,26,27). The van der Waals surface area contributed by atoms with Gasteiger partial charge in [-0.15, -0.1) is 0 Å². The van der Waals surface area contributed by atoms with Gasteiger partial charge >= 0.3 is 5.69 Å². The summed E-state index contributed by atoms with van der Waals surface area (Å²) in [7, 11) is 1.59. The summed E-state index contributed by atoms with van der Waals surface area (Å²) in [6, 6.07) is 0. The molecule has 27 heavy (non-hydrogen) atoms. The minimum absolute atomic E-state index is 0.173. The third kappa shape index (κ3) is 3.54. The summed E-state index contributed by atoms with van der Waals surface area (Å²) in [5, 5.41) is 0. The van der Waals surface area contributed by atoms with Crippen molar-refractivity contribution in [2.45, 2.75) is 33.2 Å². The molecule has 1 amide bonds. The van der Waals surface area contributed by atoms with Crippen LogP contribution in [0.2, 0.25) is 0 Å². The first-order valence-corrected chi connectivity index (χ1v) is 9.20. The van der Waals surface area contributed by atoms with Crippen molar-refractivity contribution in [3.05, 3.63) is 33.0 Å². The van der Waals surface area contributed by atoms with E-state index in [0.717, 1.165) is 12.0 Å². The lowest BCUT2D eigenvalue weighted by Crippen LogP contribution is -2.49. The Bertz CT molecular complexity index is 991. The van der Waals surface area contributed by atoms with Crippen molar-refractivity contribution in [2.75, 3.05) is 31.1 Å². The molecule has 0 saturated carbocycles. The lowest BCUT2D eigenvalue weighted by molar-refractivity contribution is -0.131. The number of nitrogens with one attached hydrogen (secondary N) is 1. The molecular weight excluding hydrogens is 348 g/mol. The number of piperazine rings is 1. The molecule has 0 spiro atoms. The average Bonchev–Trinajstić information content (AvgIpc) is 2.99. The summed E-state index contributed by atoms with van der Waals surface area (Å²) in [6.45, 7) is 10.7. The molecule has 1 fully saturated rings. The second kappa shape index (κ2) is 7.42. The van der Waals surface area contributed by atoms with Gasteiger partial charge in [0.05, 0.1) is 0 Å². The number of carbonyl (C=O) groups is 1. The molecule has 1 N–H and O–H groups in total.